The molecule has 1 saturated heterocycles. The molecule has 5 rings (SSSR count). The Morgan fingerprint density at radius 3 is 2.47 bits per heavy atom. The molecule has 0 unspecified atom stereocenters. The van der Waals surface area contributed by atoms with Gasteiger partial charge in [-0.1, -0.05) is 56.8 Å². The topological polar surface area (TPSA) is 84.2 Å². The van der Waals surface area contributed by atoms with Crippen molar-refractivity contribution < 1.29 is 9.18 Å². The number of aromatic nitrogens is 4. The van der Waals surface area contributed by atoms with Crippen LogP contribution in [0.2, 0.25) is 5.02 Å². The Labute approximate surface area is 255 Å². The Balaban J connectivity index is 1.87. The number of rotatable bonds is 6. The van der Waals surface area contributed by atoms with E-state index in [2.05, 4.69) is 23.1 Å². The maximum absolute atomic E-state index is 15.4. The van der Waals surface area contributed by atoms with Gasteiger partial charge in [0.15, 0.2) is 5.65 Å². The molecule has 4 heterocycles. The third-order valence-electron chi connectivity index (χ3n) is 7.88. The molecule has 0 aliphatic carbocycles. The SMILES string of the molecule is C=CC(=O)N1C[C@H](C)N(c2nc(=O)n(-c3c(C)ccnc3C(C)C)c3nc(-c4c(F)cccc4C=C)c(Cl)cc23)[C@@H](C)C1. The minimum atomic E-state index is -0.553. The van der Waals surface area contributed by atoms with E-state index in [0.29, 0.717) is 41.2 Å². The largest absolute Gasteiger partial charge is 0.355 e. The maximum atomic E-state index is 15.4. The fourth-order valence-electron chi connectivity index (χ4n) is 5.97. The Morgan fingerprint density at radius 1 is 1.14 bits per heavy atom. The van der Waals surface area contributed by atoms with Crippen LogP contribution in [-0.2, 0) is 4.79 Å². The van der Waals surface area contributed by atoms with Gasteiger partial charge < -0.3 is 9.80 Å². The van der Waals surface area contributed by atoms with Gasteiger partial charge >= 0.3 is 5.69 Å². The third kappa shape index (κ3) is 5.22. The van der Waals surface area contributed by atoms with Crippen LogP contribution in [0, 0.1) is 12.7 Å². The molecule has 222 valence electrons. The van der Waals surface area contributed by atoms with E-state index in [4.69, 9.17) is 16.6 Å². The summed E-state index contributed by atoms with van der Waals surface area (Å²) in [7, 11) is 0. The van der Waals surface area contributed by atoms with E-state index >= 15 is 4.39 Å². The number of benzene rings is 1. The predicted molar refractivity (Wildman–Crippen MR) is 170 cm³/mol. The first-order valence-electron chi connectivity index (χ1n) is 14.2. The number of hydrogen-bond acceptors (Lipinski definition) is 6. The molecule has 4 aromatic rings. The van der Waals surface area contributed by atoms with Crippen molar-refractivity contribution in [2.24, 2.45) is 0 Å². The minimum absolute atomic E-state index is 0.0160. The maximum Gasteiger partial charge on any atom is 0.355 e. The number of amides is 1. The van der Waals surface area contributed by atoms with E-state index in [1.54, 1.807) is 35.4 Å². The Morgan fingerprint density at radius 2 is 1.84 bits per heavy atom. The van der Waals surface area contributed by atoms with Crippen molar-refractivity contribution in [3.63, 3.8) is 0 Å². The average molecular weight is 601 g/mol. The van der Waals surface area contributed by atoms with E-state index in [1.807, 2.05) is 45.6 Å². The number of pyridine rings is 2. The molecule has 0 saturated carbocycles. The second kappa shape index (κ2) is 11.7. The molecular weight excluding hydrogens is 567 g/mol. The van der Waals surface area contributed by atoms with Gasteiger partial charge in [-0.25, -0.2) is 18.7 Å². The summed E-state index contributed by atoms with van der Waals surface area (Å²) in [6.45, 7) is 18.1. The lowest BCUT2D eigenvalue weighted by molar-refractivity contribution is -0.127. The fraction of sp³-hybridized carbons (Fsp3) is 0.303. The molecule has 1 aliphatic rings. The molecule has 1 aromatic carbocycles. The number of carbonyl (C=O) groups is 1. The smallest absolute Gasteiger partial charge is 0.347 e. The highest BCUT2D eigenvalue weighted by molar-refractivity contribution is 6.34. The summed E-state index contributed by atoms with van der Waals surface area (Å²) in [6, 6.07) is 7.80. The molecule has 3 aromatic heterocycles. The predicted octanol–water partition coefficient (Wildman–Crippen LogP) is 6.32. The van der Waals surface area contributed by atoms with Crippen LogP contribution in [0.5, 0.6) is 0 Å². The highest BCUT2D eigenvalue weighted by Crippen LogP contribution is 2.38. The molecule has 10 heteroatoms. The number of hydrogen-bond donors (Lipinski definition) is 0. The van der Waals surface area contributed by atoms with E-state index in [0.717, 1.165) is 5.56 Å². The van der Waals surface area contributed by atoms with Crippen molar-refractivity contribution in [3.8, 4) is 16.9 Å². The van der Waals surface area contributed by atoms with E-state index < -0.39 is 11.5 Å². The second-order valence-corrected chi connectivity index (χ2v) is 11.6. The molecule has 0 spiro atoms. The first-order valence-corrected chi connectivity index (χ1v) is 14.6. The minimum Gasteiger partial charge on any atom is -0.347 e. The standard InChI is InChI=1S/C33H34ClFN6O2/c1-8-22-11-10-12-25(35)27(22)29-24(34)15-23-31(37-29)41(30-19(5)13-14-36-28(30)18(3)4)33(43)38-32(23)40-20(6)16-39(17-21(40)7)26(42)9-2/h8-15,18,20-21H,1-2,16-17H2,3-7H3/t20-,21-/m0/s1. The zero-order chi connectivity index (χ0) is 31.2. The quantitative estimate of drug-likeness (QED) is 0.241. The van der Waals surface area contributed by atoms with Crippen molar-refractivity contribution in [1.29, 1.82) is 0 Å². The van der Waals surface area contributed by atoms with E-state index in [1.165, 1.54) is 16.7 Å². The second-order valence-electron chi connectivity index (χ2n) is 11.2. The number of aryl methyl sites for hydroxylation is 1. The van der Waals surface area contributed by atoms with Gasteiger partial charge in [-0.05, 0) is 62.1 Å². The lowest BCUT2D eigenvalue weighted by Crippen LogP contribution is -2.58. The van der Waals surface area contributed by atoms with Crippen LogP contribution in [0.4, 0.5) is 10.2 Å². The Bertz CT molecular complexity index is 1820. The first kappa shape index (κ1) is 30.1. The zero-order valence-corrected chi connectivity index (χ0v) is 25.7. The molecule has 0 bridgehead atoms. The van der Waals surface area contributed by atoms with Crippen molar-refractivity contribution in [2.45, 2.75) is 52.6 Å². The van der Waals surface area contributed by atoms with Gasteiger partial charge in [0, 0.05) is 36.9 Å². The van der Waals surface area contributed by atoms with Crippen molar-refractivity contribution in [1.82, 2.24) is 24.4 Å². The van der Waals surface area contributed by atoms with Crippen LogP contribution in [0.15, 0.2) is 60.6 Å². The summed E-state index contributed by atoms with van der Waals surface area (Å²) in [6.07, 6.45) is 4.56. The van der Waals surface area contributed by atoms with Crippen molar-refractivity contribution in [3.05, 3.63) is 93.9 Å². The highest BCUT2D eigenvalue weighted by atomic mass is 35.5. The molecule has 8 nitrogen and oxygen atoms in total. The summed E-state index contributed by atoms with van der Waals surface area (Å²) in [5, 5.41) is 0.715. The van der Waals surface area contributed by atoms with Crippen LogP contribution in [-0.4, -0.2) is 55.5 Å². The first-order chi connectivity index (χ1) is 20.5. The number of nitrogens with zero attached hydrogens (tertiary/aromatic N) is 6. The van der Waals surface area contributed by atoms with Gasteiger partial charge in [-0.2, -0.15) is 4.98 Å². The van der Waals surface area contributed by atoms with Crippen LogP contribution in [0.3, 0.4) is 0 Å². The van der Waals surface area contributed by atoms with E-state index in [9.17, 15) is 9.59 Å². The Kier molecular flexibility index (Phi) is 8.21. The Hall–Kier alpha value is -4.37. The summed E-state index contributed by atoms with van der Waals surface area (Å²) in [5.74, 6) is -0.289. The van der Waals surface area contributed by atoms with E-state index in [-0.39, 0.29) is 45.8 Å². The van der Waals surface area contributed by atoms with Gasteiger partial charge in [0.1, 0.15) is 11.6 Å². The molecule has 1 fully saturated rings. The number of piperazine rings is 1. The summed E-state index contributed by atoms with van der Waals surface area (Å²) >= 11 is 6.88. The fourth-order valence-corrected chi connectivity index (χ4v) is 6.22. The molecule has 43 heavy (non-hydrogen) atoms. The molecule has 0 N–H and O–H groups in total. The molecule has 1 aliphatic heterocycles. The number of fused-ring (bicyclic) bond motifs is 1. The molecule has 0 radical (unpaired) electrons. The summed E-state index contributed by atoms with van der Waals surface area (Å²) in [5.41, 5.74) is 2.69. The average Bonchev–Trinajstić information content (AvgIpc) is 2.96. The summed E-state index contributed by atoms with van der Waals surface area (Å²) in [4.78, 5) is 44.5. The zero-order valence-electron chi connectivity index (χ0n) is 24.9. The van der Waals surface area contributed by atoms with Crippen LogP contribution >= 0.6 is 11.6 Å². The highest BCUT2D eigenvalue weighted by Gasteiger charge is 2.34. The van der Waals surface area contributed by atoms with Gasteiger partial charge in [-0.15, -0.1) is 0 Å². The van der Waals surface area contributed by atoms with Gasteiger partial charge in [-0.3, -0.25) is 9.78 Å². The molecule has 2 atom stereocenters. The van der Waals surface area contributed by atoms with Crippen molar-refractivity contribution in [2.75, 3.05) is 18.0 Å². The molecular formula is C33H34ClFN6O2. The lowest BCUT2D eigenvalue weighted by atomic mass is 10.0. The van der Waals surface area contributed by atoms with Crippen LogP contribution in [0.25, 0.3) is 34.1 Å². The lowest BCUT2D eigenvalue weighted by Gasteiger charge is -2.45. The van der Waals surface area contributed by atoms with Crippen LogP contribution in [0.1, 0.15) is 50.4 Å². The van der Waals surface area contributed by atoms with Gasteiger partial charge in [0.2, 0.25) is 5.91 Å². The number of halogens is 2. The van der Waals surface area contributed by atoms with Gasteiger partial charge in [0.05, 0.1) is 27.5 Å². The van der Waals surface area contributed by atoms with Crippen LogP contribution < -0.4 is 10.6 Å². The summed E-state index contributed by atoms with van der Waals surface area (Å²) < 4.78 is 16.8. The number of carbonyl (C=O) groups excluding carboxylic acids is 1. The number of anilines is 1. The van der Waals surface area contributed by atoms with Crippen molar-refractivity contribution >= 4 is 40.4 Å². The van der Waals surface area contributed by atoms with Gasteiger partial charge in [0.25, 0.3) is 0 Å². The monoisotopic (exact) mass is 600 g/mol. The third-order valence-corrected chi connectivity index (χ3v) is 8.17. The molecule has 1 amide bonds. The normalized spacial score (nSPS) is 17.0.